The van der Waals surface area contributed by atoms with E-state index in [-0.39, 0.29) is 11.8 Å². The molecule has 4 aromatic carbocycles. The number of piperazine rings is 1. The van der Waals surface area contributed by atoms with Crippen molar-refractivity contribution < 1.29 is 9.59 Å². The summed E-state index contributed by atoms with van der Waals surface area (Å²) in [5.74, 6) is 0.114. The zero-order valence-electron chi connectivity index (χ0n) is 22.2. The molecule has 1 heterocycles. The summed E-state index contributed by atoms with van der Waals surface area (Å²) in [5.41, 5.74) is 0. The molecule has 8 heteroatoms. The van der Waals surface area contributed by atoms with Crippen molar-refractivity contribution in [2.75, 3.05) is 38.5 Å². The highest BCUT2D eigenvalue weighted by Crippen LogP contribution is 2.45. The quantitative estimate of drug-likeness (QED) is 0.287. The molecule has 1 aliphatic heterocycles. The molecule has 40 heavy (non-hydrogen) atoms. The average molecular weight is 603 g/mol. The van der Waals surface area contributed by atoms with Crippen molar-refractivity contribution in [2.24, 2.45) is 0 Å². The summed E-state index contributed by atoms with van der Waals surface area (Å²) in [7, 11) is 0. The van der Waals surface area contributed by atoms with Gasteiger partial charge in [0.05, 0.1) is 12.3 Å². The molecule has 4 aromatic rings. The summed E-state index contributed by atoms with van der Waals surface area (Å²) >= 11 is 12.6. The molecule has 5 rings (SSSR count). The van der Waals surface area contributed by atoms with E-state index in [1.165, 1.54) is 0 Å². The molecule has 0 aromatic heterocycles. The number of benzene rings is 4. The molecule has 4 nitrogen and oxygen atoms in total. The van der Waals surface area contributed by atoms with Gasteiger partial charge in [-0.1, -0.05) is 145 Å². The number of nitrogens with zero attached hydrogens (tertiary/aromatic N) is 2. The van der Waals surface area contributed by atoms with Crippen LogP contribution in [-0.2, 0) is 33.2 Å². The summed E-state index contributed by atoms with van der Waals surface area (Å²) in [6.07, 6.45) is 0.597. The van der Waals surface area contributed by atoms with Crippen LogP contribution in [0.2, 0.25) is 0 Å². The van der Waals surface area contributed by atoms with Gasteiger partial charge >= 0.3 is 0 Å². The maximum atomic E-state index is 13.6. The fourth-order valence-corrected chi connectivity index (χ4v) is 12.4. The molecular formula is C32H32N2O2P2S2. The van der Waals surface area contributed by atoms with E-state index < -0.39 is 12.1 Å². The van der Waals surface area contributed by atoms with E-state index in [9.17, 15) is 9.59 Å². The van der Waals surface area contributed by atoms with E-state index in [0.717, 1.165) is 21.2 Å². The Balaban J connectivity index is 1.28. The lowest BCUT2D eigenvalue weighted by Gasteiger charge is -2.37. The van der Waals surface area contributed by atoms with Crippen LogP contribution >= 0.6 is 12.1 Å². The van der Waals surface area contributed by atoms with E-state index in [0.29, 0.717) is 38.5 Å². The predicted octanol–water partition coefficient (Wildman–Crippen LogP) is 3.92. The molecule has 0 unspecified atom stereocenters. The minimum absolute atomic E-state index is 0.0572. The van der Waals surface area contributed by atoms with Crippen molar-refractivity contribution >= 4 is 68.7 Å². The van der Waals surface area contributed by atoms with Crippen LogP contribution < -0.4 is 21.2 Å². The lowest BCUT2D eigenvalue weighted by molar-refractivity contribution is -0.136. The summed E-state index contributed by atoms with van der Waals surface area (Å²) in [4.78, 5) is 31.0. The third-order valence-corrected chi connectivity index (χ3v) is 16.7. The average Bonchev–Trinajstić information content (AvgIpc) is 3.02. The molecule has 0 aliphatic carbocycles. The van der Waals surface area contributed by atoms with Crippen molar-refractivity contribution in [3.05, 3.63) is 121 Å². The van der Waals surface area contributed by atoms with Crippen LogP contribution in [0.3, 0.4) is 0 Å². The molecule has 2 amide bonds. The largest absolute Gasteiger partial charge is 0.339 e. The second-order valence-corrected chi connectivity index (χ2v) is 19.3. The molecule has 1 fully saturated rings. The van der Waals surface area contributed by atoms with E-state index in [1.54, 1.807) is 0 Å². The first kappa shape index (κ1) is 28.6. The first-order chi connectivity index (χ1) is 19.4. The van der Waals surface area contributed by atoms with Crippen molar-refractivity contribution in [3.8, 4) is 0 Å². The number of hydrogen-bond donors (Lipinski definition) is 0. The van der Waals surface area contributed by atoms with Gasteiger partial charge in [0.1, 0.15) is 0 Å². The van der Waals surface area contributed by atoms with Gasteiger partial charge in [-0.25, -0.2) is 0 Å². The van der Waals surface area contributed by atoms with E-state index in [4.69, 9.17) is 23.6 Å². The molecule has 1 saturated heterocycles. The van der Waals surface area contributed by atoms with Crippen molar-refractivity contribution in [1.82, 2.24) is 9.80 Å². The van der Waals surface area contributed by atoms with Crippen LogP contribution in [0.15, 0.2) is 121 Å². The predicted molar refractivity (Wildman–Crippen MR) is 176 cm³/mol. The monoisotopic (exact) mass is 602 g/mol. The SMILES string of the molecule is O=C(CP(=S)(c1ccccc1)c1ccccc1)N1CCN(C(=O)CP(=S)(c2ccccc2)c2ccccc2)CC1. The summed E-state index contributed by atoms with van der Waals surface area (Å²) in [6, 6.07) is 35.5. The Morgan fingerprint density at radius 3 is 0.925 bits per heavy atom. The van der Waals surface area contributed by atoms with Crippen LogP contribution in [0.5, 0.6) is 0 Å². The molecule has 0 saturated carbocycles. The van der Waals surface area contributed by atoms with Crippen molar-refractivity contribution in [1.29, 1.82) is 0 Å². The fourth-order valence-electron chi connectivity index (χ4n) is 5.12. The van der Waals surface area contributed by atoms with Crippen LogP contribution in [0.25, 0.3) is 0 Å². The van der Waals surface area contributed by atoms with E-state index >= 15 is 0 Å². The molecule has 0 spiro atoms. The smallest absolute Gasteiger partial charge is 0.228 e. The standard InChI is InChI=1S/C32H32N2O2P2S2/c35-31(25-37(39,27-13-5-1-6-14-27)28-15-7-2-8-16-28)33-21-23-34(24-22-33)32(36)26-38(40,29-17-9-3-10-18-29)30-19-11-4-12-20-30/h1-20H,21-26H2. The third kappa shape index (κ3) is 6.21. The van der Waals surface area contributed by atoms with Gasteiger partial charge in [-0.15, -0.1) is 0 Å². The Morgan fingerprint density at radius 2 is 0.700 bits per heavy atom. The lowest BCUT2D eigenvalue weighted by Crippen LogP contribution is -2.52. The van der Waals surface area contributed by atoms with Gasteiger partial charge in [-0.2, -0.15) is 0 Å². The molecule has 0 N–H and O–H groups in total. The summed E-state index contributed by atoms with van der Waals surface area (Å²) in [5, 5.41) is 4.19. The van der Waals surface area contributed by atoms with Gasteiger partial charge < -0.3 is 9.80 Å². The van der Waals surface area contributed by atoms with Crippen LogP contribution in [-0.4, -0.2) is 60.1 Å². The first-order valence-electron chi connectivity index (χ1n) is 13.4. The second-order valence-electron chi connectivity index (χ2n) is 9.90. The third-order valence-electron chi connectivity index (χ3n) is 7.39. The highest BCUT2D eigenvalue weighted by Gasteiger charge is 2.33. The van der Waals surface area contributed by atoms with Gasteiger partial charge in [0, 0.05) is 38.3 Å². The molecule has 204 valence electrons. The number of amides is 2. The van der Waals surface area contributed by atoms with Crippen molar-refractivity contribution in [3.63, 3.8) is 0 Å². The summed E-state index contributed by atoms with van der Waals surface area (Å²) in [6.45, 7) is 2.01. The first-order valence-corrected chi connectivity index (χ1v) is 19.3. The van der Waals surface area contributed by atoms with Crippen LogP contribution in [0.4, 0.5) is 0 Å². The molecule has 0 bridgehead atoms. The maximum Gasteiger partial charge on any atom is 0.228 e. The summed E-state index contributed by atoms with van der Waals surface area (Å²) < 4.78 is 0. The van der Waals surface area contributed by atoms with E-state index in [2.05, 4.69) is 0 Å². The Labute approximate surface area is 247 Å². The Kier molecular flexibility index (Phi) is 9.13. The molecule has 0 radical (unpaired) electrons. The number of carbonyl (C=O) groups excluding carboxylic acids is 2. The topological polar surface area (TPSA) is 40.6 Å². The lowest BCUT2D eigenvalue weighted by atomic mass is 10.3. The number of hydrogen-bond acceptors (Lipinski definition) is 4. The zero-order chi connectivity index (χ0) is 28.0. The molecular weight excluding hydrogens is 570 g/mol. The number of rotatable bonds is 8. The zero-order valence-corrected chi connectivity index (χ0v) is 25.6. The minimum Gasteiger partial charge on any atom is -0.339 e. The van der Waals surface area contributed by atoms with Crippen LogP contribution in [0.1, 0.15) is 0 Å². The highest BCUT2D eigenvalue weighted by atomic mass is 32.4. The molecule has 0 atom stereocenters. The van der Waals surface area contributed by atoms with Gasteiger partial charge in [0.15, 0.2) is 0 Å². The fraction of sp³-hybridized carbons (Fsp3) is 0.188. The van der Waals surface area contributed by atoms with Crippen molar-refractivity contribution in [2.45, 2.75) is 0 Å². The van der Waals surface area contributed by atoms with Gasteiger partial charge in [0.2, 0.25) is 11.8 Å². The van der Waals surface area contributed by atoms with Gasteiger partial charge in [0.25, 0.3) is 0 Å². The Hall–Kier alpha value is -2.88. The Bertz CT molecular complexity index is 1340. The van der Waals surface area contributed by atoms with Gasteiger partial charge in [-0.3, -0.25) is 9.59 Å². The molecule has 1 aliphatic rings. The minimum atomic E-state index is -2.32. The van der Waals surface area contributed by atoms with Crippen LogP contribution in [0, 0.1) is 0 Å². The Morgan fingerprint density at radius 1 is 0.475 bits per heavy atom. The highest BCUT2D eigenvalue weighted by molar-refractivity contribution is 8.22. The van der Waals surface area contributed by atoms with E-state index in [1.807, 2.05) is 131 Å². The van der Waals surface area contributed by atoms with Gasteiger partial charge in [-0.05, 0) is 21.2 Å². The number of carbonyl (C=O) groups is 2. The normalized spacial score (nSPS) is 14.1. The second kappa shape index (κ2) is 12.7. The maximum absolute atomic E-state index is 13.6.